The zero-order valence-corrected chi connectivity index (χ0v) is 44.4. The van der Waals surface area contributed by atoms with Gasteiger partial charge in [0.15, 0.2) is 0 Å². The molecule has 0 aromatic carbocycles. The molecule has 0 aliphatic heterocycles. The molecule has 0 fully saturated rings. The molecule has 0 saturated carbocycles. The van der Waals surface area contributed by atoms with Crippen molar-refractivity contribution in [1.29, 1.82) is 0 Å². The molecule has 66 heavy (non-hydrogen) atoms. The van der Waals surface area contributed by atoms with Gasteiger partial charge in [-0.1, -0.05) is 276 Å². The molecule has 6 heteroatoms. The number of amides is 1. The Morgan fingerprint density at radius 1 is 0.424 bits per heavy atom. The number of hydrogen-bond donors (Lipinski definition) is 3. The molecule has 0 radical (unpaired) electrons. The number of aliphatic hydroxyl groups excluding tert-OH is 2. The van der Waals surface area contributed by atoms with E-state index in [9.17, 15) is 19.8 Å². The lowest BCUT2D eigenvalue weighted by Gasteiger charge is -2.22. The molecule has 0 aromatic heterocycles. The molecule has 0 heterocycles. The second-order valence-electron chi connectivity index (χ2n) is 20.3. The van der Waals surface area contributed by atoms with E-state index in [4.69, 9.17) is 4.74 Å². The van der Waals surface area contributed by atoms with Crippen LogP contribution in [0.1, 0.15) is 322 Å². The topological polar surface area (TPSA) is 95.9 Å². The molecular weight excluding hydrogens is 815 g/mol. The van der Waals surface area contributed by atoms with Gasteiger partial charge in [-0.05, 0) is 57.8 Å². The first-order valence-electron chi connectivity index (χ1n) is 29.6. The average Bonchev–Trinajstić information content (AvgIpc) is 3.32. The minimum Gasteiger partial charge on any atom is -0.466 e. The number of hydrogen-bond acceptors (Lipinski definition) is 5. The van der Waals surface area contributed by atoms with Crippen molar-refractivity contribution in [1.82, 2.24) is 5.32 Å². The molecule has 0 saturated heterocycles. The lowest BCUT2D eigenvalue weighted by Crippen LogP contribution is -2.45. The number of allylic oxidation sites excluding steroid dienone is 4. The first-order chi connectivity index (χ1) is 32.5. The Balaban J connectivity index is 3.43. The fourth-order valence-corrected chi connectivity index (χ4v) is 9.20. The summed E-state index contributed by atoms with van der Waals surface area (Å²) in [7, 11) is 0. The van der Waals surface area contributed by atoms with E-state index in [1.165, 1.54) is 231 Å². The Morgan fingerprint density at radius 3 is 1.17 bits per heavy atom. The Kier molecular flexibility index (Phi) is 54.5. The summed E-state index contributed by atoms with van der Waals surface area (Å²) in [4.78, 5) is 24.6. The summed E-state index contributed by atoms with van der Waals surface area (Å²) < 4.78 is 5.48. The van der Waals surface area contributed by atoms with E-state index in [1.54, 1.807) is 0 Å². The summed E-state index contributed by atoms with van der Waals surface area (Å²) in [5.74, 6) is -0.0525. The minimum atomic E-state index is -0.672. The third kappa shape index (κ3) is 51.7. The average molecular weight is 931 g/mol. The Hall–Kier alpha value is -1.66. The van der Waals surface area contributed by atoms with E-state index in [-0.39, 0.29) is 18.5 Å². The van der Waals surface area contributed by atoms with E-state index < -0.39 is 12.1 Å². The highest BCUT2D eigenvalue weighted by Gasteiger charge is 2.20. The minimum absolute atomic E-state index is 0.00888. The maximum atomic E-state index is 12.5. The lowest BCUT2D eigenvalue weighted by atomic mass is 10.0. The number of esters is 1. The summed E-state index contributed by atoms with van der Waals surface area (Å²) in [6, 6.07) is -0.550. The van der Waals surface area contributed by atoms with Crippen molar-refractivity contribution in [2.24, 2.45) is 0 Å². The summed E-state index contributed by atoms with van der Waals surface area (Å²) in [5, 5.41) is 23.3. The smallest absolute Gasteiger partial charge is 0.305 e. The van der Waals surface area contributed by atoms with Crippen LogP contribution in [0.25, 0.3) is 0 Å². The molecule has 0 bridgehead atoms. The normalized spacial score (nSPS) is 12.7. The zero-order valence-electron chi connectivity index (χ0n) is 44.4. The highest BCUT2D eigenvalue weighted by atomic mass is 16.5. The van der Waals surface area contributed by atoms with Crippen molar-refractivity contribution >= 4 is 11.9 Å². The number of unbranched alkanes of at least 4 members (excludes halogenated alkanes) is 40. The second kappa shape index (κ2) is 55.9. The fourth-order valence-electron chi connectivity index (χ4n) is 9.20. The summed E-state index contributed by atoms with van der Waals surface area (Å²) in [6.45, 7) is 4.93. The first-order valence-corrected chi connectivity index (χ1v) is 29.6. The predicted octanol–water partition coefficient (Wildman–Crippen LogP) is 18.2. The van der Waals surface area contributed by atoms with Gasteiger partial charge in [0.1, 0.15) is 0 Å². The van der Waals surface area contributed by atoms with Gasteiger partial charge in [0.2, 0.25) is 5.91 Å². The number of aliphatic hydroxyl groups is 2. The van der Waals surface area contributed by atoms with E-state index in [0.717, 1.165) is 57.8 Å². The number of ether oxygens (including phenoxy) is 1. The third-order valence-electron chi connectivity index (χ3n) is 13.8. The van der Waals surface area contributed by atoms with Crippen LogP contribution in [0.2, 0.25) is 0 Å². The highest BCUT2D eigenvalue weighted by molar-refractivity contribution is 5.76. The summed E-state index contributed by atoms with van der Waals surface area (Å²) in [6.07, 6.45) is 67.3. The van der Waals surface area contributed by atoms with Gasteiger partial charge >= 0.3 is 5.97 Å². The van der Waals surface area contributed by atoms with E-state index in [2.05, 4.69) is 43.5 Å². The van der Waals surface area contributed by atoms with Gasteiger partial charge in [0.25, 0.3) is 0 Å². The Bertz CT molecular complexity index is 1030. The number of rotatable bonds is 55. The maximum absolute atomic E-state index is 12.5. The van der Waals surface area contributed by atoms with Gasteiger partial charge in [0.05, 0.1) is 25.4 Å². The van der Waals surface area contributed by atoms with E-state index >= 15 is 0 Å². The van der Waals surface area contributed by atoms with E-state index in [0.29, 0.717) is 25.9 Å². The van der Waals surface area contributed by atoms with Gasteiger partial charge in [-0.2, -0.15) is 0 Å². The molecule has 0 aliphatic rings. The van der Waals surface area contributed by atoms with Crippen LogP contribution >= 0.6 is 0 Å². The zero-order chi connectivity index (χ0) is 47.9. The quantitative estimate of drug-likeness (QED) is 0.0321. The maximum Gasteiger partial charge on any atom is 0.305 e. The van der Waals surface area contributed by atoms with Crippen LogP contribution in [0.5, 0.6) is 0 Å². The molecule has 1 amide bonds. The standard InChI is InChI=1S/C60H115NO5/c1-3-5-7-9-11-13-15-17-19-21-23-25-30-34-38-42-46-50-54-60(65)66-55-51-47-43-39-35-31-27-26-29-33-37-41-45-49-53-59(64)61-57(56-62)58(63)52-48-44-40-36-32-28-24-22-20-18-16-14-12-10-8-6-4-2/h13,15,19,21,57-58,62-63H,3-12,14,16-18,20,22-56H2,1-2H3,(H,61,64)/b15-13-,21-19-. The van der Waals surface area contributed by atoms with Gasteiger partial charge in [-0.25, -0.2) is 0 Å². The molecule has 2 unspecified atom stereocenters. The third-order valence-corrected chi connectivity index (χ3v) is 13.8. The highest BCUT2D eigenvalue weighted by Crippen LogP contribution is 2.17. The van der Waals surface area contributed by atoms with E-state index in [1.807, 2.05) is 0 Å². The van der Waals surface area contributed by atoms with Crippen LogP contribution < -0.4 is 5.32 Å². The second-order valence-corrected chi connectivity index (χ2v) is 20.3. The number of carbonyl (C=O) groups is 2. The Labute approximate surface area is 411 Å². The van der Waals surface area contributed by atoms with Crippen LogP contribution in [-0.4, -0.2) is 47.4 Å². The van der Waals surface area contributed by atoms with Crippen molar-refractivity contribution in [3.8, 4) is 0 Å². The lowest BCUT2D eigenvalue weighted by molar-refractivity contribution is -0.143. The van der Waals surface area contributed by atoms with Crippen molar-refractivity contribution < 1.29 is 24.5 Å². The predicted molar refractivity (Wildman–Crippen MR) is 287 cm³/mol. The van der Waals surface area contributed by atoms with Gasteiger partial charge in [0, 0.05) is 12.8 Å². The largest absolute Gasteiger partial charge is 0.466 e. The molecule has 390 valence electrons. The van der Waals surface area contributed by atoms with Crippen LogP contribution in [0, 0.1) is 0 Å². The molecular formula is C60H115NO5. The molecule has 3 N–H and O–H groups in total. The van der Waals surface area contributed by atoms with Crippen LogP contribution in [-0.2, 0) is 14.3 Å². The van der Waals surface area contributed by atoms with Gasteiger partial charge in [-0.15, -0.1) is 0 Å². The number of carbonyl (C=O) groups excluding carboxylic acids is 2. The molecule has 0 aliphatic carbocycles. The van der Waals surface area contributed by atoms with Crippen LogP contribution in [0.4, 0.5) is 0 Å². The van der Waals surface area contributed by atoms with Gasteiger partial charge in [-0.3, -0.25) is 9.59 Å². The SMILES string of the molecule is CCCCCC/C=C\C/C=C\CCCCCCCCCC(=O)OCCCCCCCCCCCCCCCCC(=O)NC(CO)C(O)CCCCCCCCCCCCCCCCCCC. The van der Waals surface area contributed by atoms with Crippen LogP contribution in [0.15, 0.2) is 24.3 Å². The molecule has 6 nitrogen and oxygen atoms in total. The Morgan fingerprint density at radius 2 is 0.758 bits per heavy atom. The van der Waals surface area contributed by atoms with Crippen molar-refractivity contribution in [2.45, 2.75) is 334 Å². The summed E-state index contributed by atoms with van der Waals surface area (Å²) >= 11 is 0. The fraction of sp³-hybridized carbons (Fsp3) is 0.900. The van der Waals surface area contributed by atoms with Gasteiger partial charge < -0.3 is 20.3 Å². The first kappa shape index (κ1) is 64.3. The molecule has 0 rings (SSSR count). The van der Waals surface area contributed by atoms with Crippen LogP contribution in [0.3, 0.4) is 0 Å². The van der Waals surface area contributed by atoms with Crippen molar-refractivity contribution in [3.05, 3.63) is 24.3 Å². The van der Waals surface area contributed by atoms with Crippen molar-refractivity contribution in [2.75, 3.05) is 13.2 Å². The molecule has 0 aromatic rings. The number of nitrogens with one attached hydrogen (secondary N) is 1. The van der Waals surface area contributed by atoms with Crippen molar-refractivity contribution in [3.63, 3.8) is 0 Å². The summed E-state index contributed by atoms with van der Waals surface area (Å²) in [5.41, 5.74) is 0. The molecule has 0 spiro atoms. The monoisotopic (exact) mass is 930 g/mol. The molecule has 2 atom stereocenters.